The minimum atomic E-state index is -0.314. The van der Waals surface area contributed by atoms with Gasteiger partial charge in [0.1, 0.15) is 0 Å². The van der Waals surface area contributed by atoms with E-state index in [1.165, 1.54) is 12.8 Å². The Balaban J connectivity index is 2.14. The first-order valence-electron chi connectivity index (χ1n) is 4.83. The molecule has 0 radical (unpaired) electrons. The van der Waals surface area contributed by atoms with Crippen LogP contribution in [-0.2, 0) is 4.74 Å². The summed E-state index contributed by atoms with van der Waals surface area (Å²) in [6.45, 7) is 3.63. The van der Waals surface area contributed by atoms with E-state index in [0.29, 0.717) is 25.1 Å². The van der Waals surface area contributed by atoms with E-state index in [9.17, 15) is 4.79 Å². The Morgan fingerprint density at radius 2 is 2.31 bits per heavy atom. The molecule has 1 saturated carbocycles. The molecule has 4 heteroatoms. The highest BCUT2D eigenvalue weighted by Gasteiger charge is 2.41. The van der Waals surface area contributed by atoms with E-state index >= 15 is 0 Å². The van der Waals surface area contributed by atoms with Gasteiger partial charge in [-0.2, -0.15) is 0 Å². The predicted molar refractivity (Wildman–Crippen MR) is 50.4 cm³/mol. The molecule has 1 rings (SSSR count). The van der Waals surface area contributed by atoms with E-state index in [1.54, 1.807) is 6.92 Å². The van der Waals surface area contributed by atoms with Gasteiger partial charge in [-0.3, -0.25) is 0 Å². The number of alkyl carbamates (subject to hydrolysis) is 1. The van der Waals surface area contributed by atoms with Crippen molar-refractivity contribution in [1.29, 1.82) is 0 Å². The molecule has 0 aliphatic heterocycles. The molecule has 4 nitrogen and oxygen atoms in total. The molecule has 0 aromatic carbocycles. The number of carbonyl (C=O) groups excluding carboxylic acids is 1. The van der Waals surface area contributed by atoms with Crippen LogP contribution in [0.3, 0.4) is 0 Å². The van der Waals surface area contributed by atoms with Crippen molar-refractivity contribution in [2.75, 3.05) is 19.7 Å². The maximum absolute atomic E-state index is 11.0. The van der Waals surface area contributed by atoms with Crippen molar-refractivity contribution in [3.8, 4) is 0 Å². The third-order valence-electron chi connectivity index (χ3n) is 2.51. The molecule has 0 heterocycles. The summed E-state index contributed by atoms with van der Waals surface area (Å²) in [5.74, 6) is 0. The summed E-state index contributed by atoms with van der Waals surface area (Å²) < 4.78 is 4.76. The van der Waals surface area contributed by atoms with Crippen molar-refractivity contribution in [3.63, 3.8) is 0 Å². The van der Waals surface area contributed by atoms with E-state index in [0.717, 1.165) is 6.42 Å². The highest BCUT2D eigenvalue weighted by molar-refractivity contribution is 5.67. The number of rotatable bonds is 5. The summed E-state index contributed by atoms with van der Waals surface area (Å²) in [7, 11) is 0. The zero-order valence-electron chi connectivity index (χ0n) is 8.14. The van der Waals surface area contributed by atoms with E-state index in [1.807, 2.05) is 0 Å². The van der Waals surface area contributed by atoms with Crippen LogP contribution in [-0.4, -0.2) is 25.8 Å². The molecule has 0 bridgehead atoms. The van der Waals surface area contributed by atoms with Crippen molar-refractivity contribution in [2.45, 2.75) is 26.2 Å². The normalized spacial score (nSPS) is 18.0. The van der Waals surface area contributed by atoms with Crippen LogP contribution in [0.1, 0.15) is 26.2 Å². The predicted octanol–water partition coefficient (Wildman–Crippen LogP) is 0.861. The van der Waals surface area contributed by atoms with Crippen molar-refractivity contribution < 1.29 is 9.53 Å². The number of amides is 1. The number of ether oxygens (including phenoxy) is 1. The molecule has 1 aliphatic carbocycles. The van der Waals surface area contributed by atoms with Gasteiger partial charge in [-0.05, 0) is 38.1 Å². The van der Waals surface area contributed by atoms with Crippen LogP contribution in [0.15, 0.2) is 0 Å². The van der Waals surface area contributed by atoms with Crippen molar-refractivity contribution in [1.82, 2.24) is 5.32 Å². The molecule has 76 valence electrons. The first-order valence-corrected chi connectivity index (χ1v) is 4.83. The van der Waals surface area contributed by atoms with Gasteiger partial charge >= 0.3 is 6.09 Å². The van der Waals surface area contributed by atoms with Crippen LogP contribution < -0.4 is 11.1 Å². The van der Waals surface area contributed by atoms with Gasteiger partial charge in [0.25, 0.3) is 0 Å². The fourth-order valence-electron chi connectivity index (χ4n) is 1.44. The van der Waals surface area contributed by atoms with Crippen LogP contribution >= 0.6 is 0 Å². The van der Waals surface area contributed by atoms with E-state index in [2.05, 4.69) is 5.32 Å². The quantitative estimate of drug-likeness (QED) is 0.669. The van der Waals surface area contributed by atoms with Crippen molar-refractivity contribution in [3.05, 3.63) is 0 Å². The molecular weight excluding hydrogens is 168 g/mol. The van der Waals surface area contributed by atoms with Crippen LogP contribution in [0.25, 0.3) is 0 Å². The Morgan fingerprint density at radius 1 is 1.62 bits per heavy atom. The Bertz CT molecular complexity index is 178. The summed E-state index contributed by atoms with van der Waals surface area (Å²) in [6.07, 6.45) is 3.04. The van der Waals surface area contributed by atoms with Crippen LogP contribution in [0.5, 0.6) is 0 Å². The fourth-order valence-corrected chi connectivity index (χ4v) is 1.44. The maximum Gasteiger partial charge on any atom is 0.407 e. The lowest BCUT2D eigenvalue weighted by molar-refractivity contribution is 0.149. The standard InChI is InChI=1S/C9H18N2O2/c1-2-13-8(12)11-7-9(3-4-9)5-6-10/h2-7,10H2,1H3,(H,11,12). The molecule has 1 amide bonds. The fraction of sp³-hybridized carbons (Fsp3) is 0.889. The van der Waals surface area contributed by atoms with E-state index in [4.69, 9.17) is 10.5 Å². The lowest BCUT2D eigenvalue weighted by atomic mass is 10.0. The molecular formula is C9H18N2O2. The SMILES string of the molecule is CCOC(=O)NCC1(CCN)CC1. The molecule has 13 heavy (non-hydrogen) atoms. The minimum absolute atomic E-state index is 0.293. The van der Waals surface area contributed by atoms with Crippen molar-refractivity contribution in [2.24, 2.45) is 11.1 Å². The Kier molecular flexibility index (Phi) is 3.54. The molecule has 0 aromatic heterocycles. The number of nitrogens with one attached hydrogen (secondary N) is 1. The zero-order valence-corrected chi connectivity index (χ0v) is 8.14. The van der Waals surface area contributed by atoms with E-state index in [-0.39, 0.29) is 6.09 Å². The summed E-state index contributed by atoms with van der Waals surface area (Å²) in [6, 6.07) is 0. The zero-order chi connectivity index (χ0) is 9.73. The largest absolute Gasteiger partial charge is 0.450 e. The molecule has 1 aliphatic rings. The molecule has 0 unspecified atom stereocenters. The second-order valence-corrected chi connectivity index (χ2v) is 3.61. The minimum Gasteiger partial charge on any atom is -0.450 e. The molecule has 0 aromatic rings. The van der Waals surface area contributed by atoms with E-state index < -0.39 is 0 Å². The molecule has 0 spiro atoms. The summed E-state index contributed by atoms with van der Waals surface area (Å²) in [5, 5.41) is 2.75. The first-order chi connectivity index (χ1) is 6.22. The highest BCUT2D eigenvalue weighted by Crippen LogP contribution is 2.47. The molecule has 0 saturated heterocycles. The summed E-state index contributed by atoms with van der Waals surface area (Å²) in [5.41, 5.74) is 5.77. The Morgan fingerprint density at radius 3 is 2.77 bits per heavy atom. The summed E-state index contributed by atoms with van der Waals surface area (Å²) in [4.78, 5) is 11.0. The Hall–Kier alpha value is -0.770. The Labute approximate surface area is 78.8 Å². The van der Waals surface area contributed by atoms with Gasteiger partial charge in [-0.15, -0.1) is 0 Å². The van der Waals surface area contributed by atoms with Crippen LogP contribution in [0.2, 0.25) is 0 Å². The average Bonchev–Trinajstić information content (AvgIpc) is 2.84. The second-order valence-electron chi connectivity index (χ2n) is 3.61. The van der Waals surface area contributed by atoms with Gasteiger partial charge in [-0.1, -0.05) is 0 Å². The highest BCUT2D eigenvalue weighted by atomic mass is 16.5. The van der Waals surface area contributed by atoms with Crippen molar-refractivity contribution >= 4 is 6.09 Å². The lowest BCUT2D eigenvalue weighted by Gasteiger charge is -2.14. The van der Waals surface area contributed by atoms with Gasteiger partial charge < -0.3 is 15.8 Å². The second kappa shape index (κ2) is 4.46. The molecule has 0 atom stereocenters. The molecule has 3 N–H and O–H groups in total. The maximum atomic E-state index is 11.0. The smallest absolute Gasteiger partial charge is 0.407 e. The third kappa shape index (κ3) is 3.22. The third-order valence-corrected chi connectivity index (χ3v) is 2.51. The van der Waals surface area contributed by atoms with Crippen LogP contribution in [0.4, 0.5) is 4.79 Å². The first kappa shape index (κ1) is 10.3. The number of hydrogen-bond acceptors (Lipinski definition) is 3. The average molecular weight is 186 g/mol. The number of carbonyl (C=O) groups is 1. The monoisotopic (exact) mass is 186 g/mol. The lowest BCUT2D eigenvalue weighted by Crippen LogP contribution is -2.31. The molecule has 1 fully saturated rings. The topological polar surface area (TPSA) is 64.3 Å². The van der Waals surface area contributed by atoms with Gasteiger partial charge in [-0.25, -0.2) is 4.79 Å². The van der Waals surface area contributed by atoms with Crippen LogP contribution in [0, 0.1) is 5.41 Å². The number of nitrogens with two attached hydrogens (primary N) is 1. The van der Waals surface area contributed by atoms with Gasteiger partial charge in [0.15, 0.2) is 0 Å². The van der Waals surface area contributed by atoms with Gasteiger partial charge in [0, 0.05) is 6.54 Å². The summed E-state index contributed by atoms with van der Waals surface area (Å²) >= 11 is 0. The number of hydrogen-bond donors (Lipinski definition) is 2. The van der Waals surface area contributed by atoms with Gasteiger partial charge in [0.2, 0.25) is 0 Å². The van der Waals surface area contributed by atoms with Gasteiger partial charge in [0.05, 0.1) is 6.61 Å².